The highest BCUT2D eigenvalue weighted by Crippen LogP contribution is 2.36. The molecule has 0 saturated heterocycles. The summed E-state index contributed by atoms with van der Waals surface area (Å²) in [5, 5.41) is 0.402. The quantitative estimate of drug-likeness (QED) is 0.625. The van der Waals surface area contributed by atoms with Crippen LogP contribution in [0.25, 0.3) is 0 Å². The van der Waals surface area contributed by atoms with E-state index in [4.69, 9.17) is 46.4 Å². The molecule has 5 heteroatoms. The second-order valence-electron chi connectivity index (χ2n) is 1.95. The van der Waals surface area contributed by atoms with E-state index in [0.717, 1.165) is 0 Å². The van der Waals surface area contributed by atoms with Crippen LogP contribution in [0.2, 0.25) is 0 Å². The molecule has 11 heavy (non-hydrogen) atoms. The second kappa shape index (κ2) is 3.36. The van der Waals surface area contributed by atoms with E-state index in [0.29, 0.717) is 0 Å². The van der Waals surface area contributed by atoms with E-state index in [1.165, 1.54) is 0 Å². The van der Waals surface area contributed by atoms with E-state index in [-0.39, 0.29) is 32.3 Å². The topological polar surface area (TPSA) is 17.1 Å². The maximum Gasteiger partial charge on any atom is 0.181 e. The minimum absolute atomic E-state index is 0.0367. The van der Waals surface area contributed by atoms with Crippen LogP contribution in [0.15, 0.2) is 20.1 Å². The van der Waals surface area contributed by atoms with Crippen molar-refractivity contribution in [3.8, 4) is 0 Å². The molecule has 0 aliphatic heterocycles. The summed E-state index contributed by atoms with van der Waals surface area (Å²) in [7, 11) is 0. The zero-order valence-electron chi connectivity index (χ0n) is 5.13. The van der Waals surface area contributed by atoms with Crippen molar-refractivity contribution >= 4 is 52.2 Å². The summed E-state index contributed by atoms with van der Waals surface area (Å²) in [4.78, 5) is 10.9. The van der Waals surface area contributed by atoms with Gasteiger partial charge in [-0.25, -0.2) is 0 Å². The van der Waals surface area contributed by atoms with Crippen molar-refractivity contribution in [2.75, 3.05) is 0 Å². The van der Waals surface area contributed by atoms with Crippen LogP contribution >= 0.6 is 46.4 Å². The smallest absolute Gasteiger partial charge is 0.181 e. The Hall–Kier alpha value is 0.310. The average molecular weight is 232 g/mol. The molecule has 1 rings (SSSR count). The second-order valence-corrected chi connectivity index (χ2v) is 3.54. The van der Waals surface area contributed by atoms with Crippen LogP contribution in [0.4, 0.5) is 0 Å². The molecule has 0 fully saturated rings. The fourth-order valence-corrected chi connectivity index (χ4v) is 1.49. The third kappa shape index (κ3) is 1.73. The third-order valence-electron chi connectivity index (χ3n) is 1.18. The number of Topliss-reactive ketones (excluding diaryl/α,β-unsaturated/α-hetero) is 1. The summed E-state index contributed by atoms with van der Waals surface area (Å²) in [6.07, 6.45) is 0.0371. The van der Waals surface area contributed by atoms with Crippen LogP contribution in [0.1, 0.15) is 6.42 Å². The molecule has 0 N–H and O–H groups in total. The first-order valence-corrected chi connectivity index (χ1v) is 4.18. The summed E-state index contributed by atoms with van der Waals surface area (Å²) >= 11 is 22.2. The van der Waals surface area contributed by atoms with Crippen LogP contribution in [0.3, 0.4) is 0 Å². The molecule has 0 unspecified atom stereocenters. The summed E-state index contributed by atoms with van der Waals surface area (Å²) in [6.45, 7) is 0. The molecule has 0 aromatic heterocycles. The van der Waals surface area contributed by atoms with Gasteiger partial charge in [-0.2, -0.15) is 0 Å². The largest absolute Gasteiger partial charge is 0.293 e. The summed E-state index contributed by atoms with van der Waals surface area (Å²) in [5.41, 5.74) is 0. The molecule has 0 spiro atoms. The number of ketones is 1. The summed E-state index contributed by atoms with van der Waals surface area (Å²) < 4.78 is 0. The van der Waals surface area contributed by atoms with Gasteiger partial charge in [-0.3, -0.25) is 4.79 Å². The van der Waals surface area contributed by atoms with Gasteiger partial charge in [0.05, 0.1) is 10.1 Å². The Kier molecular flexibility index (Phi) is 2.87. The van der Waals surface area contributed by atoms with Crippen LogP contribution in [-0.2, 0) is 4.79 Å². The summed E-state index contributed by atoms with van der Waals surface area (Å²) in [6, 6.07) is 0. The Labute approximate surface area is 83.6 Å². The van der Waals surface area contributed by atoms with Gasteiger partial charge in [0.2, 0.25) is 0 Å². The molecular weight excluding hydrogens is 230 g/mol. The van der Waals surface area contributed by atoms with Gasteiger partial charge in [0.1, 0.15) is 5.03 Å². The van der Waals surface area contributed by atoms with Gasteiger partial charge >= 0.3 is 0 Å². The van der Waals surface area contributed by atoms with E-state index in [9.17, 15) is 4.79 Å². The number of halogens is 4. The first-order chi connectivity index (χ1) is 5.04. The molecular formula is C6H2Cl4O. The maximum atomic E-state index is 10.9. The van der Waals surface area contributed by atoms with Crippen LogP contribution in [-0.4, -0.2) is 5.78 Å². The Morgan fingerprint density at radius 1 is 0.909 bits per heavy atom. The van der Waals surface area contributed by atoms with Gasteiger partial charge in [-0.1, -0.05) is 46.4 Å². The van der Waals surface area contributed by atoms with E-state index in [1.807, 2.05) is 0 Å². The predicted molar refractivity (Wildman–Crippen MR) is 47.1 cm³/mol. The van der Waals surface area contributed by atoms with Crippen molar-refractivity contribution in [2.24, 2.45) is 0 Å². The van der Waals surface area contributed by atoms with E-state index in [1.54, 1.807) is 0 Å². The maximum absolute atomic E-state index is 10.9. The van der Waals surface area contributed by atoms with Crippen molar-refractivity contribution in [2.45, 2.75) is 6.42 Å². The Morgan fingerprint density at radius 2 is 1.45 bits per heavy atom. The molecule has 0 atom stereocenters. The highest BCUT2D eigenvalue weighted by atomic mass is 35.5. The number of allylic oxidation sites excluding steroid dienone is 4. The number of hydrogen-bond acceptors (Lipinski definition) is 1. The molecule has 1 aliphatic carbocycles. The molecule has 60 valence electrons. The lowest BCUT2D eigenvalue weighted by Gasteiger charge is -2.09. The third-order valence-corrected chi connectivity index (χ3v) is 2.99. The Morgan fingerprint density at radius 3 is 2.00 bits per heavy atom. The molecule has 1 aliphatic rings. The lowest BCUT2D eigenvalue weighted by Crippen LogP contribution is -2.05. The number of carbonyl (C=O) groups excluding carboxylic acids is 1. The molecule has 1 nitrogen and oxygen atoms in total. The lowest BCUT2D eigenvalue weighted by molar-refractivity contribution is -0.114. The highest BCUT2D eigenvalue weighted by Gasteiger charge is 2.23. The fourth-order valence-electron chi connectivity index (χ4n) is 0.634. The zero-order valence-corrected chi connectivity index (χ0v) is 8.15. The van der Waals surface area contributed by atoms with Gasteiger partial charge in [0.15, 0.2) is 5.78 Å². The van der Waals surface area contributed by atoms with Gasteiger partial charge in [0, 0.05) is 11.5 Å². The first kappa shape index (κ1) is 9.40. The molecule has 0 radical (unpaired) electrons. The first-order valence-electron chi connectivity index (χ1n) is 2.67. The van der Waals surface area contributed by atoms with Crippen molar-refractivity contribution in [3.05, 3.63) is 20.1 Å². The van der Waals surface area contributed by atoms with Crippen molar-refractivity contribution < 1.29 is 4.79 Å². The predicted octanol–water partition coefficient (Wildman–Crippen LogP) is 3.34. The van der Waals surface area contributed by atoms with Crippen molar-refractivity contribution in [1.82, 2.24) is 0 Å². The van der Waals surface area contributed by atoms with E-state index < -0.39 is 0 Å². The number of hydrogen-bond donors (Lipinski definition) is 0. The van der Waals surface area contributed by atoms with Crippen LogP contribution in [0.5, 0.6) is 0 Å². The van der Waals surface area contributed by atoms with Gasteiger partial charge < -0.3 is 0 Å². The van der Waals surface area contributed by atoms with Gasteiger partial charge in [0.25, 0.3) is 0 Å². The van der Waals surface area contributed by atoms with Crippen molar-refractivity contribution in [3.63, 3.8) is 0 Å². The molecule has 0 heterocycles. The minimum Gasteiger partial charge on any atom is -0.293 e. The van der Waals surface area contributed by atoms with Crippen LogP contribution in [0, 0.1) is 0 Å². The minimum atomic E-state index is -0.300. The molecule has 0 bridgehead atoms. The number of rotatable bonds is 0. The Balaban J connectivity index is 3.18. The molecule has 0 saturated carbocycles. The van der Waals surface area contributed by atoms with E-state index in [2.05, 4.69) is 0 Å². The lowest BCUT2D eigenvalue weighted by atomic mass is 10.1. The fraction of sp³-hybridized carbons (Fsp3) is 0.167. The Bertz CT molecular complexity index is 276. The molecule has 0 amide bonds. The van der Waals surface area contributed by atoms with Crippen LogP contribution < -0.4 is 0 Å². The van der Waals surface area contributed by atoms with Gasteiger partial charge in [-0.15, -0.1) is 0 Å². The molecule has 0 aromatic rings. The SMILES string of the molecule is O=C1CC(Cl)=C(Cl)C(Cl)=C1Cl. The highest BCUT2D eigenvalue weighted by molar-refractivity contribution is 6.56. The zero-order chi connectivity index (χ0) is 8.59. The summed E-state index contributed by atoms with van der Waals surface area (Å²) in [5.74, 6) is -0.300. The average Bonchev–Trinajstić information content (AvgIpc) is 1.97. The monoisotopic (exact) mass is 230 g/mol. The van der Waals surface area contributed by atoms with E-state index >= 15 is 0 Å². The van der Waals surface area contributed by atoms with Gasteiger partial charge in [-0.05, 0) is 0 Å². The normalized spacial score (nSPS) is 19.8. The number of carbonyl (C=O) groups is 1. The standard InChI is InChI=1S/C6H2Cl4O/c7-2-1-3(11)5(9)6(10)4(2)8/h1H2. The molecule has 0 aromatic carbocycles. The van der Waals surface area contributed by atoms with Crippen molar-refractivity contribution in [1.29, 1.82) is 0 Å².